The van der Waals surface area contributed by atoms with E-state index in [1.165, 1.54) is 17.0 Å². The topological polar surface area (TPSA) is 40.6 Å². The molecule has 0 saturated heterocycles. The van der Waals surface area contributed by atoms with Crippen LogP contribution >= 0.6 is 11.3 Å². The highest BCUT2D eigenvalue weighted by molar-refractivity contribution is 7.09. The van der Waals surface area contributed by atoms with Crippen LogP contribution in [-0.2, 0) is 24.1 Å². The average molecular weight is 503 g/mol. The Labute approximate surface area is 208 Å². The minimum atomic E-state index is -4.48. The van der Waals surface area contributed by atoms with Gasteiger partial charge >= 0.3 is 6.18 Å². The predicted molar refractivity (Wildman–Crippen MR) is 132 cm³/mol. The molecule has 0 bridgehead atoms. The molecule has 1 unspecified atom stereocenters. The van der Waals surface area contributed by atoms with Crippen molar-refractivity contribution >= 4 is 23.2 Å². The summed E-state index contributed by atoms with van der Waals surface area (Å²) in [7, 11) is 0. The second-order valence-corrected chi connectivity index (χ2v) is 9.62. The summed E-state index contributed by atoms with van der Waals surface area (Å²) in [5.41, 5.74) is 0.283. The van der Waals surface area contributed by atoms with E-state index in [2.05, 4.69) is 0 Å². The number of carbonyl (C=O) groups is 2. The fourth-order valence-corrected chi connectivity index (χ4v) is 4.32. The monoisotopic (exact) mass is 502 g/mol. The third-order valence-electron chi connectivity index (χ3n) is 5.80. The molecule has 3 aromatic rings. The molecule has 35 heavy (non-hydrogen) atoms. The van der Waals surface area contributed by atoms with E-state index >= 15 is 0 Å². The minimum Gasteiger partial charge on any atom is -0.332 e. The summed E-state index contributed by atoms with van der Waals surface area (Å²) in [4.78, 5) is 30.9. The second-order valence-electron chi connectivity index (χ2n) is 8.59. The molecule has 0 radical (unpaired) electrons. The molecule has 0 fully saturated rings. The first-order valence-corrected chi connectivity index (χ1v) is 12.4. The van der Waals surface area contributed by atoms with Crippen LogP contribution in [0, 0.1) is 5.92 Å². The van der Waals surface area contributed by atoms with Crippen molar-refractivity contribution in [1.82, 2.24) is 9.80 Å². The van der Waals surface area contributed by atoms with Crippen LogP contribution in [0.4, 0.5) is 13.2 Å². The van der Waals surface area contributed by atoms with Crippen molar-refractivity contribution in [2.45, 2.75) is 39.5 Å². The Balaban J connectivity index is 1.82. The highest BCUT2D eigenvalue weighted by Crippen LogP contribution is 2.29. The second kappa shape index (κ2) is 12.0. The molecule has 2 aromatic carbocycles. The first-order chi connectivity index (χ1) is 16.7. The molecule has 1 heterocycles. The van der Waals surface area contributed by atoms with Gasteiger partial charge in [-0.1, -0.05) is 56.7 Å². The minimum absolute atomic E-state index is 0.126. The van der Waals surface area contributed by atoms with E-state index in [4.69, 9.17) is 0 Å². The molecule has 0 aliphatic carbocycles. The molecule has 4 nitrogen and oxygen atoms in total. The number of amides is 2. The van der Waals surface area contributed by atoms with Crippen LogP contribution in [0.3, 0.4) is 0 Å². The first kappa shape index (κ1) is 26.5. The molecule has 0 aliphatic rings. The van der Waals surface area contributed by atoms with Gasteiger partial charge in [-0.05, 0) is 47.2 Å². The maximum Gasteiger partial charge on any atom is 0.416 e. The molecule has 186 valence electrons. The summed E-state index contributed by atoms with van der Waals surface area (Å²) in [5, 5.41) is 1.95. The van der Waals surface area contributed by atoms with E-state index in [0.29, 0.717) is 19.6 Å². The molecule has 0 saturated carbocycles. The van der Waals surface area contributed by atoms with Crippen LogP contribution in [-0.4, -0.2) is 34.7 Å². The van der Waals surface area contributed by atoms with Crippen LogP contribution in [0.5, 0.6) is 0 Å². The highest BCUT2D eigenvalue weighted by atomic mass is 32.1. The van der Waals surface area contributed by atoms with Crippen molar-refractivity contribution in [2.75, 3.05) is 13.1 Å². The number of hydrogen-bond acceptors (Lipinski definition) is 3. The van der Waals surface area contributed by atoms with Crippen LogP contribution in [0.1, 0.15) is 46.6 Å². The van der Waals surface area contributed by atoms with Gasteiger partial charge in [0.1, 0.15) is 6.54 Å². The number of carbonyl (C=O) groups excluding carboxylic acids is 2. The molecule has 0 spiro atoms. The van der Waals surface area contributed by atoms with Crippen LogP contribution < -0.4 is 0 Å². The molecule has 0 N–H and O–H groups in total. The number of rotatable bonds is 10. The summed E-state index contributed by atoms with van der Waals surface area (Å²) in [6.45, 7) is 4.96. The standard InChI is InChI=1S/C27H29F3N2O2S/c1-3-20(2)16-32(26(34)22-11-13-23(14-12-22)27(28,29)30)19-25(33)31(18-24-10-7-15-35-24)17-21-8-5-4-6-9-21/h4-15,20H,3,16-19H2,1-2H3. The van der Waals surface area contributed by atoms with Crippen LogP contribution in [0.15, 0.2) is 72.1 Å². The van der Waals surface area contributed by atoms with Gasteiger partial charge in [-0.25, -0.2) is 0 Å². The largest absolute Gasteiger partial charge is 0.416 e. The quantitative estimate of drug-likeness (QED) is 0.318. The lowest BCUT2D eigenvalue weighted by molar-refractivity contribution is -0.137. The van der Waals surface area contributed by atoms with Crippen molar-refractivity contribution in [3.8, 4) is 0 Å². The van der Waals surface area contributed by atoms with Gasteiger partial charge in [0.05, 0.1) is 12.1 Å². The van der Waals surface area contributed by atoms with E-state index < -0.39 is 17.6 Å². The SMILES string of the molecule is CCC(C)CN(CC(=O)N(Cc1ccccc1)Cc1cccs1)C(=O)c1ccc(C(F)(F)F)cc1. The Morgan fingerprint density at radius 3 is 2.17 bits per heavy atom. The van der Waals surface area contributed by atoms with E-state index in [0.717, 1.165) is 29.0 Å². The summed E-state index contributed by atoms with van der Waals surface area (Å²) in [6.07, 6.45) is -3.68. The van der Waals surface area contributed by atoms with Gasteiger partial charge in [0, 0.05) is 23.5 Å². The number of halogens is 3. The Bertz CT molecular complexity index is 1080. The number of thiophene rings is 1. The molecule has 0 aliphatic heterocycles. The first-order valence-electron chi connectivity index (χ1n) is 11.5. The van der Waals surface area contributed by atoms with Gasteiger partial charge < -0.3 is 9.80 Å². The average Bonchev–Trinajstić information content (AvgIpc) is 3.36. The van der Waals surface area contributed by atoms with Gasteiger partial charge in [0.25, 0.3) is 5.91 Å². The zero-order valence-corrected chi connectivity index (χ0v) is 20.6. The van der Waals surface area contributed by atoms with Gasteiger partial charge in [-0.3, -0.25) is 9.59 Å². The zero-order valence-electron chi connectivity index (χ0n) is 19.8. The lowest BCUT2D eigenvalue weighted by Gasteiger charge is -2.29. The lowest BCUT2D eigenvalue weighted by Crippen LogP contribution is -2.44. The van der Waals surface area contributed by atoms with Crippen LogP contribution in [0.2, 0.25) is 0 Å². The van der Waals surface area contributed by atoms with Crippen molar-refractivity contribution in [1.29, 1.82) is 0 Å². The molecule has 3 rings (SSSR count). The van der Waals surface area contributed by atoms with E-state index in [1.54, 1.807) is 16.2 Å². The molecular weight excluding hydrogens is 473 g/mol. The number of hydrogen-bond donors (Lipinski definition) is 0. The smallest absolute Gasteiger partial charge is 0.332 e. The van der Waals surface area contributed by atoms with Crippen molar-refractivity contribution in [2.24, 2.45) is 5.92 Å². The summed E-state index contributed by atoms with van der Waals surface area (Å²) >= 11 is 1.55. The molecule has 2 amide bonds. The Hall–Kier alpha value is -3.13. The zero-order chi connectivity index (χ0) is 25.4. The fraction of sp³-hybridized carbons (Fsp3) is 0.333. The van der Waals surface area contributed by atoms with Gasteiger partial charge in [0.2, 0.25) is 5.91 Å². The van der Waals surface area contributed by atoms with Crippen molar-refractivity contribution in [3.05, 3.63) is 93.7 Å². The van der Waals surface area contributed by atoms with Crippen LogP contribution in [0.25, 0.3) is 0 Å². The summed E-state index contributed by atoms with van der Waals surface area (Å²) in [5.74, 6) is -0.546. The predicted octanol–water partition coefficient (Wildman–Crippen LogP) is 6.48. The molecule has 1 aromatic heterocycles. The third kappa shape index (κ3) is 7.68. The van der Waals surface area contributed by atoms with Crippen molar-refractivity contribution < 1.29 is 22.8 Å². The van der Waals surface area contributed by atoms with E-state index in [-0.39, 0.29) is 23.9 Å². The Morgan fingerprint density at radius 2 is 1.60 bits per heavy atom. The maximum absolute atomic E-state index is 13.5. The van der Waals surface area contributed by atoms with E-state index in [1.807, 2.05) is 61.7 Å². The molecule has 1 atom stereocenters. The van der Waals surface area contributed by atoms with Gasteiger partial charge in [-0.15, -0.1) is 11.3 Å². The van der Waals surface area contributed by atoms with Gasteiger partial charge in [0.15, 0.2) is 0 Å². The van der Waals surface area contributed by atoms with Crippen molar-refractivity contribution in [3.63, 3.8) is 0 Å². The molecular formula is C27H29F3N2O2S. The summed E-state index contributed by atoms with van der Waals surface area (Å²) < 4.78 is 38.8. The fourth-order valence-electron chi connectivity index (χ4n) is 3.60. The highest BCUT2D eigenvalue weighted by Gasteiger charge is 2.31. The summed E-state index contributed by atoms with van der Waals surface area (Å²) in [6, 6.07) is 17.6. The number of benzene rings is 2. The van der Waals surface area contributed by atoms with Gasteiger partial charge in [-0.2, -0.15) is 13.2 Å². The Morgan fingerprint density at radius 1 is 0.914 bits per heavy atom. The maximum atomic E-state index is 13.5. The number of nitrogens with zero attached hydrogens (tertiary/aromatic N) is 2. The lowest BCUT2D eigenvalue weighted by atomic mass is 10.1. The third-order valence-corrected chi connectivity index (χ3v) is 6.66. The number of alkyl halides is 3. The molecule has 8 heteroatoms. The normalized spacial score (nSPS) is 12.3. The van der Waals surface area contributed by atoms with E-state index in [9.17, 15) is 22.8 Å². The Kier molecular flexibility index (Phi) is 9.09.